The average molecular weight is 183 g/mol. The molecule has 0 radical (unpaired) electrons. The highest BCUT2D eigenvalue weighted by Gasteiger charge is 2.31. The van der Waals surface area contributed by atoms with Crippen LogP contribution in [-0.2, 0) is 4.84 Å². The second-order valence-corrected chi connectivity index (χ2v) is 5.14. The number of hydrogen-bond donors (Lipinski definition) is 0. The minimum Gasteiger partial charge on any atom is -0.392 e. The maximum absolute atomic E-state index is 5.22. The van der Waals surface area contributed by atoms with E-state index < -0.39 is 0 Å². The zero-order valence-electron chi connectivity index (χ0n) is 9.42. The Hall–Kier alpha value is -0.530. The molecule has 0 amide bonds. The zero-order valence-corrected chi connectivity index (χ0v) is 9.42. The molecule has 1 heterocycles. The molecule has 0 aromatic rings. The number of oxime groups is 1. The highest BCUT2D eigenvalue weighted by Crippen LogP contribution is 2.32. The molecular weight excluding hydrogens is 162 g/mol. The van der Waals surface area contributed by atoms with Gasteiger partial charge in [0.2, 0.25) is 0 Å². The van der Waals surface area contributed by atoms with Gasteiger partial charge in [-0.15, -0.1) is 0 Å². The summed E-state index contributed by atoms with van der Waals surface area (Å²) in [5.74, 6) is 0.716. The Labute approximate surface area is 81.3 Å². The summed E-state index contributed by atoms with van der Waals surface area (Å²) >= 11 is 0. The lowest BCUT2D eigenvalue weighted by molar-refractivity contribution is 0.0993. The van der Waals surface area contributed by atoms with Gasteiger partial charge < -0.3 is 4.84 Å². The predicted molar refractivity (Wildman–Crippen MR) is 55.8 cm³/mol. The minimum absolute atomic E-state index is 0.207. The topological polar surface area (TPSA) is 21.6 Å². The normalized spacial score (nSPS) is 23.2. The largest absolute Gasteiger partial charge is 0.392 e. The third kappa shape index (κ3) is 2.71. The van der Waals surface area contributed by atoms with Crippen LogP contribution in [0.4, 0.5) is 0 Å². The Bertz CT molecular complexity index is 206. The summed E-state index contributed by atoms with van der Waals surface area (Å²) < 4.78 is 0. The van der Waals surface area contributed by atoms with E-state index in [0.29, 0.717) is 5.92 Å². The highest BCUT2D eigenvalue weighted by molar-refractivity contribution is 5.90. The molecule has 1 unspecified atom stereocenters. The van der Waals surface area contributed by atoms with Crippen LogP contribution in [0.3, 0.4) is 0 Å². The average Bonchev–Trinajstić information content (AvgIpc) is 2.32. The molecule has 1 aliphatic rings. The van der Waals surface area contributed by atoms with Crippen LogP contribution in [-0.4, -0.2) is 11.8 Å². The lowest BCUT2D eigenvalue weighted by Gasteiger charge is -2.25. The molecule has 1 atom stereocenters. The molecule has 0 spiro atoms. The summed E-state index contributed by atoms with van der Waals surface area (Å²) in [6.07, 6.45) is 2.46. The maximum atomic E-state index is 5.22. The van der Waals surface area contributed by atoms with Crippen LogP contribution in [0, 0.1) is 11.3 Å². The molecule has 0 saturated carbocycles. The summed E-state index contributed by atoms with van der Waals surface area (Å²) in [6, 6.07) is 0. The van der Waals surface area contributed by atoms with E-state index in [0.717, 1.165) is 6.42 Å². The van der Waals surface area contributed by atoms with Crippen LogP contribution in [0.1, 0.15) is 47.5 Å². The molecule has 0 saturated heterocycles. The Balaban J connectivity index is 2.59. The summed E-state index contributed by atoms with van der Waals surface area (Å²) in [4.78, 5) is 5.22. The molecule has 0 fully saturated rings. The van der Waals surface area contributed by atoms with Gasteiger partial charge >= 0.3 is 0 Å². The van der Waals surface area contributed by atoms with Crippen molar-refractivity contribution in [3.05, 3.63) is 0 Å². The van der Waals surface area contributed by atoms with E-state index in [1.807, 2.05) is 0 Å². The van der Waals surface area contributed by atoms with Crippen molar-refractivity contribution in [1.29, 1.82) is 0 Å². The molecule has 1 rings (SSSR count). The van der Waals surface area contributed by atoms with Gasteiger partial charge in [-0.2, -0.15) is 0 Å². The summed E-state index contributed by atoms with van der Waals surface area (Å²) in [5, 5.41) is 4.16. The Morgan fingerprint density at radius 2 is 2.15 bits per heavy atom. The van der Waals surface area contributed by atoms with Crippen molar-refractivity contribution >= 4 is 5.71 Å². The third-order valence-corrected chi connectivity index (χ3v) is 2.52. The Morgan fingerprint density at radius 3 is 2.54 bits per heavy atom. The van der Waals surface area contributed by atoms with E-state index in [4.69, 9.17) is 4.84 Å². The van der Waals surface area contributed by atoms with Crippen LogP contribution in [0.5, 0.6) is 0 Å². The molecule has 0 aromatic heterocycles. The van der Waals surface area contributed by atoms with Crippen molar-refractivity contribution in [2.75, 3.05) is 0 Å². The molecule has 0 bridgehead atoms. The maximum Gasteiger partial charge on any atom is 0.130 e. The van der Waals surface area contributed by atoms with Crippen LogP contribution in [0.25, 0.3) is 0 Å². The molecule has 13 heavy (non-hydrogen) atoms. The SMILES string of the molecule is CC(C)CC(C)(C)C1=NOC(C)C1. The van der Waals surface area contributed by atoms with E-state index in [1.54, 1.807) is 0 Å². The zero-order chi connectivity index (χ0) is 10.1. The molecule has 0 aromatic carbocycles. The summed E-state index contributed by atoms with van der Waals surface area (Å²) in [5.41, 5.74) is 1.44. The van der Waals surface area contributed by atoms with Gasteiger partial charge in [0.05, 0.1) is 5.71 Å². The fourth-order valence-electron chi connectivity index (χ4n) is 2.04. The van der Waals surface area contributed by atoms with Crippen LogP contribution < -0.4 is 0 Å². The van der Waals surface area contributed by atoms with Crippen molar-refractivity contribution in [2.24, 2.45) is 16.5 Å². The fraction of sp³-hybridized carbons (Fsp3) is 0.909. The van der Waals surface area contributed by atoms with Gasteiger partial charge in [-0.3, -0.25) is 0 Å². The van der Waals surface area contributed by atoms with Crippen LogP contribution >= 0.6 is 0 Å². The van der Waals surface area contributed by atoms with Gasteiger partial charge in [0.15, 0.2) is 0 Å². The van der Waals surface area contributed by atoms with Crippen molar-refractivity contribution in [1.82, 2.24) is 0 Å². The third-order valence-electron chi connectivity index (χ3n) is 2.52. The quantitative estimate of drug-likeness (QED) is 0.658. The van der Waals surface area contributed by atoms with Crippen molar-refractivity contribution in [3.8, 4) is 0 Å². The monoisotopic (exact) mass is 183 g/mol. The van der Waals surface area contributed by atoms with Gasteiger partial charge in [0.1, 0.15) is 6.10 Å². The van der Waals surface area contributed by atoms with E-state index in [-0.39, 0.29) is 11.5 Å². The van der Waals surface area contributed by atoms with Crippen LogP contribution in [0.2, 0.25) is 0 Å². The molecule has 2 nitrogen and oxygen atoms in total. The Kier molecular flexibility index (Phi) is 2.99. The van der Waals surface area contributed by atoms with E-state index in [2.05, 4.69) is 39.8 Å². The molecule has 0 N–H and O–H groups in total. The molecule has 0 aliphatic carbocycles. The van der Waals surface area contributed by atoms with Crippen molar-refractivity contribution in [2.45, 2.75) is 53.6 Å². The standard InChI is InChI=1S/C11H21NO/c1-8(2)7-11(4,5)10-6-9(3)13-12-10/h8-9H,6-7H2,1-5H3. The van der Waals surface area contributed by atoms with Gasteiger partial charge in [0, 0.05) is 11.8 Å². The first-order chi connectivity index (χ1) is 5.92. The molecular formula is C11H21NO. The molecule has 2 heteroatoms. The number of hydrogen-bond acceptors (Lipinski definition) is 2. The minimum atomic E-state index is 0.207. The lowest BCUT2D eigenvalue weighted by atomic mass is 9.78. The van der Waals surface area contributed by atoms with Gasteiger partial charge in [-0.05, 0) is 19.3 Å². The van der Waals surface area contributed by atoms with E-state index >= 15 is 0 Å². The van der Waals surface area contributed by atoms with E-state index in [1.165, 1.54) is 12.1 Å². The highest BCUT2D eigenvalue weighted by atomic mass is 16.6. The molecule has 1 aliphatic heterocycles. The number of rotatable bonds is 3. The summed E-state index contributed by atoms with van der Waals surface area (Å²) in [6.45, 7) is 11.1. The fourth-order valence-corrected chi connectivity index (χ4v) is 2.04. The second-order valence-electron chi connectivity index (χ2n) is 5.14. The molecule has 76 valence electrons. The van der Waals surface area contributed by atoms with Crippen LogP contribution in [0.15, 0.2) is 5.16 Å². The Morgan fingerprint density at radius 1 is 1.54 bits per heavy atom. The van der Waals surface area contributed by atoms with Gasteiger partial charge in [-0.25, -0.2) is 0 Å². The number of nitrogens with zero attached hydrogens (tertiary/aromatic N) is 1. The van der Waals surface area contributed by atoms with E-state index in [9.17, 15) is 0 Å². The predicted octanol–water partition coefficient (Wildman–Crippen LogP) is 3.22. The lowest BCUT2D eigenvalue weighted by Crippen LogP contribution is -2.25. The summed E-state index contributed by atoms with van der Waals surface area (Å²) in [7, 11) is 0. The smallest absolute Gasteiger partial charge is 0.130 e. The first kappa shape index (κ1) is 10.6. The van der Waals surface area contributed by atoms with Crippen molar-refractivity contribution in [3.63, 3.8) is 0 Å². The van der Waals surface area contributed by atoms with Gasteiger partial charge in [-0.1, -0.05) is 32.9 Å². The first-order valence-corrected chi connectivity index (χ1v) is 5.15. The van der Waals surface area contributed by atoms with Gasteiger partial charge in [0.25, 0.3) is 0 Å². The first-order valence-electron chi connectivity index (χ1n) is 5.15. The second kappa shape index (κ2) is 3.69. The van der Waals surface area contributed by atoms with Crippen molar-refractivity contribution < 1.29 is 4.84 Å².